The number of imide groups is 1. The molecule has 3 fully saturated rings. The lowest BCUT2D eigenvalue weighted by molar-refractivity contribution is -0.141. The van der Waals surface area contributed by atoms with E-state index in [0.29, 0.717) is 11.5 Å². The first-order chi connectivity index (χ1) is 12.6. The quantitative estimate of drug-likeness (QED) is 0.473. The van der Waals surface area contributed by atoms with Crippen LogP contribution in [0.3, 0.4) is 0 Å². The van der Waals surface area contributed by atoms with Gasteiger partial charge in [0.1, 0.15) is 0 Å². The molecule has 134 valence electrons. The number of ether oxygens (including phenoxy) is 2. The van der Waals surface area contributed by atoms with Gasteiger partial charge < -0.3 is 9.47 Å². The Hall–Kier alpha value is -2.63. The Morgan fingerprint density at radius 1 is 1.04 bits per heavy atom. The molecule has 6 nitrogen and oxygen atoms in total. The van der Waals surface area contributed by atoms with Gasteiger partial charge in [-0.3, -0.25) is 9.59 Å². The predicted molar refractivity (Wildman–Crippen MR) is 93.8 cm³/mol. The summed E-state index contributed by atoms with van der Waals surface area (Å²) in [4.78, 5) is 25.7. The molecule has 4 unspecified atom stereocenters. The van der Waals surface area contributed by atoms with Crippen LogP contribution in [0.4, 0.5) is 0 Å². The van der Waals surface area contributed by atoms with E-state index in [2.05, 4.69) is 17.3 Å². The number of rotatable bonds is 4. The number of amides is 2. The van der Waals surface area contributed by atoms with Crippen LogP contribution in [0, 0.1) is 29.1 Å². The molecular weight excluding hydrogens is 332 g/mol. The third-order valence-corrected chi connectivity index (χ3v) is 6.56. The average Bonchev–Trinajstić information content (AvgIpc) is 3.26. The van der Waals surface area contributed by atoms with Gasteiger partial charge >= 0.3 is 0 Å². The van der Waals surface area contributed by atoms with E-state index in [1.54, 1.807) is 32.4 Å². The molecule has 1 spiro atoms. The highest BCUT2D eigenvalue weighted by atomic mass is 16.5. The summed E-state index contributed by atoms with van der Waals surface area (Å²) in [7, 11) is 3.13. The van der Waals surface area contributed by atoms with E-state index < -0.39 is 0 Å². The van der Waals surface area contributed by atoms with Crippen molar-refractivity contribution in [2.75, 3.05) is 14.2 Å². The molecule has 1 aliphatic heterocycles. The third-order valence-electron chi connectivity index (χ3n) is 6.56. The van der Waals surface area contributed by atoms with E-state index in [4.69, 9.17) is 9.47 Å². The summed E-state index contributed by atoms with van der Waals surface area (Å²) in [5, 5.41) is 5.30. The van der Waals surface area contributed by atoms with Crippen molar-refractivity contribution in [2.45, 2.75) is 12.8 Å². The number of allylic oxidation sites excluding steroid dienone is 2. The van der Waals surface area contributed by atoms with Crippen LogP contribution in [-0.4, -0.2) is 37.3 Å². The highest BCUT2D eigenvalue weighted by Crippen LogP contribution is 2.73. The Labute approximate surface area is 151 Å². The standard InChI is InChI=1S/C20H20N2O4/c1-25-14-6-3-11(9-15(14)26-2)10-21-22-18(23)16-12-4-5-13(17(16)19(22)24)20(12)7-8-20/h3-6,9-10,12-13,16-17H,7-8H2,1-2H3/b21-10+. The normalized spacial score (nSPS) is 32.8. The molecule has 2 amide bonds. The van der Waals surface area contributed by atoms with Crippen LogP contribution in [0.25, 0.3) is 0 Å². The minimum atomic E-state index is -0.220. The zero-order chi connectivity index (χ0) is 18.1. The van der Waals surface area contributed by atoms with E-state index in [-0.39, 0.29) is 40.9 Å². The average molecular weight is 352 g/mol. The summed E-state index contributed by atoms with van der Waals surface area (Å²) in [6.07, 6.45) is 8.12. The first kappa shape index (κ1) is 15.6. The number of benzene rings is 1. The number of hydrogen-bond donors (Lipinski definition) is 0. The fourth-order valence-electron chi connectivity index (χ4n) is 5.23. The van der Waals surface area contributed by atoms with E-state index in [1.165, 1.54) is 6.21 Å². The van der Waals surface area contributed by atoms with Gasteiger partial charge in [0.2, 0.25) is 0 Å². The molecule has 1 heterocycles. The molecule has 0 radical (unpaired) electrons. The summed E-state index contributed by atoms with van der Waals surface area (Å²) in [6, 6.07) is 5.34. The van der Waals surface area contributed by atoms with Crippen molar-refractivity contribution >= 4 is 18.0 Å². The molecule has 26 heavy (non-hydrogen) atoms. The second-order valence-corrected chi connectivity index (χ2v) is 7.57. The zero-order valence-corrected chi connectivity index (χ0v) is 14.7. The number of carbonyl (C=O) groups is 2. The minimum absolute atomic E-state index is 0.153. The van der Waals surface area contributed by atoms with E-state index in [0.717, 1.165) is 23.4 Å². The summed E-state index contributed by atoms with van der Waals surface area (Å²) in [5.41, 5.74) is 0.944. The minimum Gasteiger partial charge on any atom is -0.493 e. The Bertz CT molecular complexity index is 837. The number of nitrogens with zero attached hydrogens (tertiary/aromatic N) is 2. The molecule has 6 heteroatoms. The number of hydrogen-bond acceptors (Lipinski definition) is 5. The molecule has 1 aromatic rings. The van der Waals surface area contributed by atoms with Crippen LogP contribution in [0.5, 0.6) is 11.5 Å². The number of carbonyl (C=O) groups excluding carboxylic acids is 2. The van der Waals surface area contributed by atoms with Crippen LogP contribution in [0.15, 0.2) is 35.5 Å². The Morgan fingerprint density at radius 3 is 2.19 bits per heavy atom. The molecule has 2 bridgehead atoms. The molecule has 0 N–H and O–H groups in total. The van der Waals surface area contributed by atoms with Crippen LogP contribution >= 0.6 is 0 Å². The second kappa shape index (κ2) is 5.19. The van der Waals surface area contributed by atoms with Crippen molar-refractivity contribution in [3.8, 4) is 11.5 Å². The SMILES string of the molecule is COc1ccc(/C=N/N2C(=O)C3C(C2=O)C2C=CC3C23CC3)cc1OC. The second-order valence-electron chi connectivity index (χ2n) is 7.57. The topological polar surface area (TPSA) is 68.2 Å². The van der Waals surface area contributed by atoms with E-state index >= 15 is 0 Å². The van der Waals surface area contributed by atoms with Gasteiger partial charge in [0, 0.05) is 0 Å². The van der Waals surface area contributed by atoms with Crippen LogP contribution in [0.2, 0.25) is 0 Å². The van der Waals surface area contributed by atoms with Gasteiger partial charge in [0.05, 0.1) is 32.3 Å². The summed E-state index contributed by atoms with van der Waals surface area (Å²) < 4.78 is 10.5. The monoisotopic (exact) mass is 352 g/mol. The van der Waals surface area contributed by atoms with Gasteiger partial charge in [-0.05, 0) is 53.9 Å². The van der Waals surface area contributed by atoms with Gasteiger partial charge in [-0.2, -0.15) is 10.1 Å². The maximum atomic E-state index is 12.9. The van der Waals surface area contributed by atoms with Gasteiger partial charge in [-0.1, -0.05) is 12.2 Å². The lowest BCUT2D eigenvalue weighted by Gasteiger charge is -2.18. The first-order valence-corrected chi connectivity index (χ1v) is 8.93. The number of methoxy groups -OCH3 is 2. The molecule has 4 aliphatic rings. The fourth-order valence-corrected chi connectivity index (χ4v) is 5.23. The fraction of sp³-hybridized carbons (Fsp3) is 0.450. The molecule has 1 saturated heterocycles. The lowest BCUT2D eigenvalue weighted by atomic mass is 9.85. The van der Waals surface area contributed by atoms with E-state index in [9.17, 15) is 9.59 Å². The van der Waals surface area contributed by atoms with Crippen molar-refractivity contribution in [1.82, 2.24) is 5.01 Å². The van der Waals surface area contributed by atoms with Crippen molar-refractivity contribution < 1.29 is 19.1 Å². The van der Waals surface area contributed by atoms with Gasteiger partial charge in [0.15, 0.2) is 11.5 Å². The highest BCUT2D eigenvalue weighted by Gasteiger charge is 2.73. The molecule has 5 rings (SSSR count). The zero-order valence-electron chi connectivity index (χ0n) is 14.7. The molecule has 3 aliphatic carbocycles. The van der Waals surface area contributed by atoms with Crippen LogP contribution in [0.1, 0.15) is 18.4 Å². The summed E-state index contributed by atoms with van der Waals surface area (Å²) in [5.74, 6) is 0.880. The van der Waals surface area contributed by atoms with Gasteiger partial charge in [-0.25, -0.2) is 0 Å². The van der Waals surface area contributed by atoms with E-state index in [1.807, 2.05) is 0 Å². The molecule has 0 aromatic heterocycles. The Morgan fingerprint density at radius 2 is 1.65 bits per heavy atom. The van der Waals surface area contributed by atoms with Gasteiger partial charge in [0.25, 0.3) is 11.8 Å². The maximum Gasteiger partial charge on any atom is 0.254 e. The molecule has 2 saturated carbocycles. The van der Waals surface area contributed by atoms with Crippen molar-refractivity contribution in [3.63, 3.8) is 0 Å². The number of fused-ring (bicyclic) bond motifs is 3. The van der Waals surface area contributed by atoms with Crippen molar-refractivity contribution in [1.29, 1.82) is 0 Å². The van der Waals surface area contributed by atoms with Crippen LogP contribution < -0.4 is 9.47 Å². The largest absolute Gasteiger partial charge is 0.493 e. The van der Waals surface area contributed by atoms with Gasteiger partial charge in [-0.15, -0.1) is 0 Å². The van der Waals surface area contributed by atoms with Crippen molar-refractivity contribution in [3.05, 3.63) is 35.9 Å². The number of hydrazone groups is 1. The Kier molecular flexibility index (Phi) is 3.12. The third kappa shape index (κ3) is 1.84. The van der Waals surface area contributed by atoms with Crippen molar-refractivity contribution in [2.24, 2.45) is 34.2 Å². The lowest BCUT2D eigenvalue weighted by Crippen LogP contribution is -2.30. The highest BCUT2D eigenvalue weighted by molar-refractivity contribution is 6.07. The predicted octanol–water partition coefficient (Wildman–Crippen LogP) is 2.23. The first-order valence-electron chi connectivity index (χ1n) is 8.93. The molecule has 1 aromatic carbocycles. The van der Waals surface area contributed by atoms with Crippen LogP contribution in [-0.2, 0) is 9.59 Å². The summed E-state index contributed by atoms with van der Waals surface area (Å²) in [6.45, 7) is 0. The Balaban J connectivity index is 1.40. The maximum absolute atomic E-state index is 12.9. The molecule has 4 atom stereocenters. The molecular formula is C20H20N2O4. The summed E-state index contributed by atoms with van der Waals surface area (Å²) >= 11 is 0. The smallest absolute Gasteiger partial charge is 0.254 e.